The standard InChI is InChI=1S/C12H22/c1-5-7-11-9-8-10(3)12(11,4)6-2/h7,10H,5-6,8-9H2,1-4H3/b11-7-. The Balaban J connectivity index is 2.84. The highest BCUT2D eigenvalue weighted by Crippen LogP contribution is 2.49. The Bertz CT molecular complexity index is 178. The molecule has 0 spiro atoms. The van der Waals surface area contributed by atoms with Gasteiger partial charge in [-0.15, -0.1) is 0 Å². The first kappa shape index (κ1) is 9.83. The molecule has 2 atom stereocenters. The molecule has 70 valence electrons. The van der Waals surface area contributed by atoms with Gasteiger partial charge in [-0.3, -0.25) is 0 Å². The van der Waals surface area contributed by atoms with Crippen LogP contribution in [0.4, 0.5) is 0 Å². The molecule has 0 saturated heterocycles. The first-order valence-corrected chi connectivity index (χ1v) is 5.34. The SMILES string of the molecule is CC/C=C1/CCC(C)C1(C)CC. The molecule has 1 aliphatic carbocycles. The maximum absolute atomic E-state index is 2.45. The van der Waals surface area contributed by atoms with E-state index in [1.165, 1.54) is 25.7 Å². The molecule has 12 heavy (non-hydrogen) atoms. The summed E-state index contributed by atoms with van der Waals surface area (Å²) < 4.78 is 0. The molecule has 2 unspecified atom stereocenters. The molecule has 0 aromatic rings. The van der Waals surface area contributed by atoms with E-state index in [4.69, 9.17) is 0 Å². The van der Waals surface area contributed by atoms with Crippen LogP contribution < -0.4 is 0 Å². The summed E-state index contributed by atoms with van der Waals surface area (Å²) in [5, 5.41) is 0. The van der Waals surface area contributed by atoms with Crippen LogP contribution in [-0.2, 0) is 0 Å². The van der Waals surface area contributed by atoms with Crippen molar-refractivity contribution >= 4 is 0 Å². The summed E-state index contributed by atoms with van der Waals surface area (Å²) in [5.74, 6) is 0.889. The van der Waals surface area contributed by atoms with Gasteiger partial charge in [0.05, 0.1) is 0 Å². The molecule has 0 radical (unpaired) electrons. The normalized spacial score (nSPS) is 39.3. The van der Waals surface area contributed by atoms with E-state index in [1.807, 2.05) is 0 Å². The van der Waals surface area contributed by atoms with Gasteiger partial charge in [0.2, 0.25) is 0 Å². The molecule has 0 nitrogen and oxygen atoms in total. The van der Waals surface area contributed by atoms with Crippen LogP contribution in [0.5, 0.6) is 0 Å². The maximum Gasteiger partial charge on any atom is -0.00933 e. The van der Waals surface area contributed by atoms with Crippen molar-refractivity contribution < 1.29 is 0 Å². The zero-order valence-electron chi connectivity index (χ0n) is 8.98. The second-order valence-electron chi connectivity index (χ2n) is 4.35. The molecule has 0 N–H and O–H groups in total. The Hall–Kier alpha value is -0.260. The summed E-state index contributed by atoms with van der Waals surface area (Å²) >= 11 is 0. The average Bonchev–Trinajstić information content (AvgIpc) is 2.34. The molecule has 0 heterocycles. The van der Waals surface area contributed by atoms with E-state index >= 15 is 0 Å². The van der Waals surface area contributed by atoms with Crippen LogP contribution in [0.3, 0.4) is 0 Å². The van der Waals surface area contributed by atoms with Gasteiger partial charge in [0.1, 0.15) is 0 Å². The van der Waals surface area contributed by atoms with Crippen molar-refractivity contribution in [1.29, 1.82) is 0 Å². The lowest BCUT2D eigenvalue weighted by atomic mass is 9.75. The lowest BCUT2D eigenvalue weighted by Gasteiger charge is -2.29. The first-order valence-electron chi connectivity index (χ1n) is 5.34. The zero-order valence-corrected chi connectivity index (χ0v) is 8.98. The molecule has 1 saturated carbocycles. The van der Waals surface area contributed by atoms with Gasteiger partial charge in [-0.25, -0.2) is 0 Å². The van der Waals surface area contributed by atoms with Crippen LogP contribution in [0, 0.1) is 11.3 Å². The predicted octanol–water partition coefficient (Wildman–Crippen LogP) is 4.17. The van der Waals surface area contributed by atoms with E-state index in [0.717, 1.165) is 5.92 Å². The van der Waals surface area contributed by atoms with E-state index in [0.29, 0.717) is 5.41 Å². The first-order chi connectivity index (χ1) is 5.65. The van der Waals surface area contributed by atoms with Gasteiger partial charge >= 0.3 is 0 Å². The highest BCUT2D eigenvalue weighted by molar-refractivity contribution is 5.19. The van der Waals surface area contributed by atoms with E-state index in [2.05, 4.69) is 33.8 Å². The van der Waals surface area contributed by atoms with Crippen LogP contribution >= 0.6 is 0 Å². The third-order valence-electron chi connectivity index (χ3n) is 3.85. The second kappa shape index (κ2) is 3.64. The van der Waals surface area contributed by atoms with Crippen molar-refractivity contribution in [2.45, 2.75) is 53.4 Å². The fraction of sp³-hybridized carbons (Fsp3) is 0.833. The summed E-state index contributed by atoms with van der Waals surface area (Å²) in [6, 6.07) is 0. The molecule has 1 rings (SSSR count). The van der Waals surface area contributed by atoms with Gasteiger partial charge < -0.3 is 0 Å². The Kier molecular flexibility index (Phi) is 2.98. The van der Waals surface area contributed by atoms with Gasteiger partial charge in [-0.05, 0) is 37.0 Å². The molecule has 1 aliphatic rings. The maximum atomic E-state index is 2.45. The fourth-order valence-electron chi connectivity index (χ4n) is 2.45. The third-order valence-corrected chi connectivity index (χ3v) is 3.85. The summed E-state index contributed by atoms with van der Waals surface area (Å²) in [6.45, 7) is 9.41. The molecule has 0 amide bonds. The Morgan fingerprint density at radius 2 is 2.17 bits per heavy atom. The largest absolute Gasteiger partial charge is 0.0850 e. The molecule has 0 bridgehead atoms. The number of hydrogen-bond acceptors (Lipinski definition) is 0. The third kappa shape index (κ3) is 1.44. The van der Waals surface area contributed by atoms with Crippen molar-refractivity contribution in [1.82, 2.24) is 0 Å². The van der Waals surface area contributed by atoms with Crippen LogP contribution in [0.2, 0.25) is 0 Å². The lowest BCUT2D eigenvalue weighted by molar-refractivity contribution is 0.286. The minimum atomic E-state index is 0.524. The van der Waals surface area contributed by atoms with Gasteiger partial charge in [-0.1, -0.05) is 39.3 Å². The number of hydrogen-bond donors (Lipinski definition) is 0. The van der Waals surface area contributed by atoms with Crippen molar-refractivity contribution in [3.63, 3.8) is 0 Å². The minimum Gasteiger partial charge on any atom is -0.0850 e. The minimum absolute atomic E-state index is 0.524. The summed E-state index contributed by atoms with van der Waals surface area (Å²) in [4.78, 5) is 0. The van der Waals surface area contributed by atoms with E-state index in [9.17, 15) is 0 Å². The Morgan fingerprint density at radius 3 is 2.67 bits per heavy atom. The van der Waals surface area contributed by atoms with Gasteiger partial charge in [0.15, 0.2) is 0 Å². The Labute approximate surface area is 77.1 Å². The monoisotopic (exact) mass is 166 g/mol. The molecule has 0 aliphatic heterocycles. The Morgan fingerprint density at radius 1 is 1.50 bits per heavy atom. The van der Waals surface area contributed by atoms with Crippen molar-refractivity contribution in [3.8, 4) is 0 Å². The highest BCUT2D eigenvalue weighted by Gasteiger charge is 2.37. The fourth-order valence-corrected chi connectivity index (χ4v) is 2.45. The predicted molar refractivity (Wildman–Crippen MR) is 55.2 cm³/mol. The topological polar surface area (TPSA) is 0 Å². The quantitative estimate of drug-likeness (QED) is 0.540. The molecular formula is C12H22. The number of rotatable bonds is 2. The highest BCUT2D eigenvalue weighted by atomic mass is 14.4. The smallest absolute Gasteiger partial charge is 0.00933 e. The zero-order chi connectivity index (χ0) is 9.19. The van der Waals surface area contributed by atoms with Crippen molar-refractivity contribution in [3.05, 3.63) is 11.6 Å². The molecule has 0 aromatic heterocycles. The van der Waals surface area contributed by atoms with Crippen LogP contribution in [0.1, 0.15) is 53.4 Å². The average molecular weight is 166 g/mol. The second-order valence-corrected chi connectivity index (χ2v) is 4.35. The van der Waals surface area contributed by atoms with Crippen molar-refractivity contribution in [2.24, 2.45) is 11.3 Å². The number of allylic oxidation sites excluding steroid dienone is 2. The van der Waals surface area contributed by atoms with Gasteiger partial charge in [-0.2, -0.15) is 0 Å². The summed E-state index contributed by atoms with van der Waals surface area (Å²) in [5.41, 5.74) is 2.25. The summed E-state index contributed by atoms with van der Waals surface area (Å²) in [7, 11) is 0. The lowest BCUT2D eigenvalue weighted by Crippen LogP contribution is -2.20. The van der Waals surface area contributed by atoms with E-state index in [1.54, 1.807) is 5.57 Å². The van der Waals surface area contributed by atoms with Crippen LogP contribution in [0.15, 0.2) is 11.6 Å². The molecular weight excluding hydrogens is 144 g/mol. The van der Waals surface area contributed by atoms with Crippen molar-refractivity contribution in [2.75, 3.05) is 0 Å². The molecule has 0 aromatic carbocycles. The molecule has 1 fully saturated rings. The van der Waals surface area contributed by atoms with Gasteiger partial charge in [0, 0.05) is 0 Å². The van der Waals surface area contributed by atoms with Gasteiger partial charge in [0.25, 0.3) is 0 Å². The van der Waals surface area contributed by atoms with E-state index < -0.39 is 0 Å². The van der Waals surface area contributed by atoms with E-state index in [-0.39, 0.29) is 0 Å². The van der Waals surface area contributed by atoms with Crippen LogP contribution in [0.25, 0.3) is 0 Å². The summed E-state index contributed by atoms with van der Waals surface area (Å²) in [6.07, 6.45) is 7.71. The molecule has 0 heteroatoms. The van der Waals surface area contributed by atoms with Crippen LogP contribution in [-0.4, -0.2) is 0 Å².